The molecule has 12 heteroatoms. The summed E-state index contributed by atoms with van der Waals surface area (Å²) in [5.41, 5.74) is 7.67. The lowest BCUT2D eigenvalue weighted by molar-refractivity contribution is 0.0983. The summed E-state index contributed by atoms with van der Waals surface area (Å²) in [5.74, 6) is 1.38. The van der Waals surface area contributed by atoms with Gasteiger partial charge in [-0.1, -0.05) is 0 Å². The maximum absolute atomic E-state index is 12.0. The molecule has 2 aromatic rings. The predicted octanol–water partition coefficient (Wildman–Crippen LogP) is 3.97. The van der Waals surface area contributed by atoms with E-state index >= 15 is 0 Å². The molecule has 1 saturated heterocycles. The summed E-state index contributed by atoms with van der Waals surface area (Å²) in [6.07, 6.45) is 7.37. The highest BCUT2D eigenvalue weighted by atomic mass is 35.5. The normalized spacial score (nSPS) is 21.0. The fraction of sp³-hybridized carbons (Fsp3) is 0.727. The number of nitrogens with one attached hydrogen (secondary N) is 2. The van der Waals surface area contributed by atoms with Gasteiger partial charge in [-0.2, -0.15) is 9.97 Å². The molecule has 2 aliphatic rings. The van der Waals surface area contributed by atoms with Gasteiger partial charge in [-0.05, 0) is 59.3 Å². The number of halogens is 2. The molecule has 4 N–H and O–H groups in total. The number of carbonyl (C=O) groups is 1. The molecule has 1 aliphatic heterocycles. The Bertz CT molecular complexity index is 925. The van der Waals surface area contributed by atoms with E-state index in [-0.39, 0.29) is 43.0 Å². The summed E-state index contributed by atoms with van der Waals surface area (Å²) in [6.45, 7) is 7.80. The third kappa shape index (κ3) is 6.55. The van der Waals surface area contributed by atoms with Gasteiger partial charge in [0.15, 0.2) is 17.0 Å². The van der Waals surface area contributed by atoms with Gasteiger partial charge in [-0.15, -0.1) is 24.8 Å². The SMILES string of the molecule is CCOC(=O)N1CCC(Nc2nc(NC3CCC(N)CC3)nc3c2ncn3C(C)C)CC1.Cl.Cl. The summed E-state index contributed by atoms with van der Waals surface area (Å²) >= 11 is 0. The topological polar surface area (TPSA) is 123 Å². The number of hydrogen-bond donors (Lipinski definition) is 3. The van der Waals surface area contributed by atoms with Gasteiger partial charge in [-0.3, -0.25) is 0 Å². The molecule has 2 fully saturated rings. The number of nitrogens with zero attached hydrogens (tertiary/aromatic N) is 5. The number of fused-ring (bicyclic) bond motifs is 1. The number of hydrogen-bond acceptors (Lipinski definition) is 8. The van der Waals surface area contributed by atoms with Crippen LogP contribution >= 0.6 is 24.8 Å². The van der Waals surface area contributed by atoms with Crippen LogP contribution < -0.4 is 16.4 Å². The zero-order chi connectivity index (χ0) is 22.7. The Morgan fingerprint density at radius 1 is 1.09 bits per heavy atom. The van der Waals surface area contributed by atoms with Crippen molar-refractivity contribution in [2.75, 3.05) is 30.3 Å². The van der Waals surface area contributed by atoms with Crippen LogP contribution in [-0.2, 0) is 4.74 Å². The molecular weight excluding hydrogens is 479 g/mol. The number of aromatic nitrogens is 4. The summed E-state index contributed by atoms with van der Waals surface area (Å²) in [7, 11) is 0. The van der Waals surface area contributed by atoms with Crippen molar-refractivity contribution < 1.29 is 9.53 Å². The fourth-order valence-corrected chi connectivity index (χ4v) is 4.52. The Morgan fingerprint density at radius 3 is 2.35 bits per heavy atom. The van der Waals surface area contributed by atoms with Gasteiger partial charge in [0.1, 0.15) is 0 Å². The Balaban J connectivity index is 0.00000204. The second-order valence-electron chi connectivity index (χ2n) is 9.17. The standard InChI is InChI=1S/C22H36N8O2.2ClH/c1-4-32-22(31)29-11-9-17(10-12-29)25-19-18-20(30(13-24-18)14(2)3)28-21(27-19)26-16-7-5-15(23)6-8-16;;/h13-17H,4-12,23H2,1-3H3,(H2,25,26,27,28);2*1H. The van der Waals surface area contributed by atoms with E-state index in [1.807, 2.05) is 13.3 Å². The molecule has 2 aromatic heterocycles. The molecule has 0 radical (unpaired) electrons. The number of imidazole rings is 1. The summed E-state index contributed by atoms with van der Waals surface area (Å²) in [5, 5.41) is 7.12. The molecule has 0 unspecified atom stereocenters. The van der Waals surface area contributed by atoms with Crippen LogP contribution in [0.4, 0.5) is 16.6 Å². The molecule has 4 rings (SSSR count). The van der Waals surface area contributed by atoms with E-state index in [4.69, 9.17) is 20.4 Å². The summed E-state index contributed by atoms with van der Waals surface area (Å²) in [4.78, 5) is 28.0. The van der Waals surface area contributed by atoms with E-state index in [1.165, 1.54) is 0 Å². The van der Waals surface area contributed by atoms with E-state index in [1.54, 1.807) is 4.90 Å². The van der Waals surface area contributed by atoms with Gasteiger partial charge in [0.05, 0.1) is 12.9 Å². The predicted molar refractivity (Wildman–Crippen MR) is 139 cm³/mol. The van der Waals surface area contributed by atoms with E-state index in [9.17, 15) is 4.79 Å². The van der Waals surface area contributed by atoms with E-state index < -0.39 is 0 Å². The lowest BCUT2D eigenvalue weighted by atomic mass is 9.92. The fourth-order valence-electron chi connectivity index (χ4n) is 4.52. The van der Waals surface area contributed by atoms with E-state index in [0.29, 0.717) is 37.7 Å². The first-order chi connectivity index (χ1) is 15.4. The quantitative estimate of drug-likeness (QED) is 0.526. The van der Waals surface area contributed by atoms with Gasteiger partial charge in [0.25, 0.3) is 0 Å². The molecule has 0 spiro atoms. The number of anilines is 2. The number of nitrogens with two attached hydrogens (primary N) is 1. The number of piperidine rings is 1. The highest BCUT2D eigenvalue weighted by Crippen LogP contribution is 2.27. The third-order valence-electron chi connectivity index (χ3n) is 6.44. The largest absolute Gasteiger partial charge is 0.450 e. The van der Waals surface area contributed by atoms with E-state index in [2.05, 4.69) is 34.0 Å². The molecule has 0 aromatic carbocycles. The molecule has 192 valence electrons. The number of likely N-dealkylation sites (tertiary alicyclic amines) is 1. The van der Waals surface area contributed by atoms with Crippen LogP contribution in [0.5, 0.6) is 0 Å². The molecule has 10 nitrogen and oxygen atoms in total. The highest BCUT2D eigenvalue weighted by Gasteiger charge is 2.26. The molecule has 1 saturated carbocycles. The second-order valence-corrected chi connectivity index (χ2v) is 9.17. The second kappa shape index (κ2) is 12.6. The van der Waals surface area contributed by atoms with Crippen molar-refractivity contribution in [2.24, 2.45) is 5.73 Å². The van der Waals surface area contributed by atoms with E-state index in [0.717, 1.165) is 55.5 Å². The molecule has 0 atom stereocenters. The number of ether oxygens (including phenoxy) is 1. The molecular formula is C22H38Cl2N8O2. The van der Waals surface area contributed by atoms with Crippen LogP contribution in [-0.4, -0.2) is 68.3 Å². The van der Waals surface area contributed by atoms with Gasteiger partial charge in [-0.25, -0.2) is 9.78 Å². The minimum Gasteiger partial charge on any atom is -0.450 e. The highest BCUT2D eigenvalue weighted by molar-refractivity contribution is 5.86. The molecule has 1 amide bonds. The minimum absolute atomic E-state index is 0. The van der Waals surface area contributed by atoms with Crippen molar-refractivity contribution in [2.45, 2.75) is 83.5 Å². The van der Waals surface area contributed by atoms with Crippen molar-refractivity contribution in [1.82, 2.24) is 24.4 Å². The Labute approximate surface area is 213 Å². The van der Waals surface area contributed by atoms with Gasteiger partial charge in [0.2, 0.25) is 5.95 Å². The van der Waals surface area contributed by atoms with Crippen LogP contribution in [0, 0.1) is 0 Å². The maximum atomic E-state index is 12.0. The van der Waals surface area contributed by atoms with Gasteiger partial charge < -0.3 is 30.6 Å². The monoisotopic (exact) mass is 516 g/mol. The van der Waals surface area contributed by atoms with Crippen molar-refractivity contribution in [3.05, 3.63) is 6.33 Å². The number of carbonyl (C=O) groups excluding carboxylic acids is 1. The Morgan fingerprint density at radius 2 is 1.74 bits per heavy atom. The first-order valence-electron chi connectivity index (χ1n) is 11.9. The van der Waals surface area contributed by atoms with Gasteiger partial charge >= 0.3 is 6.09 Å². The number of amides is 1. The first-order valence-corrected chi connectivity index (χ1v) is 11.9. The van der Waals surface area contributed by atoms with Crippen molar-refractivity contribution in [1.29, 1.82) is 0 Å². The lowest BCUT2D eigenvalue weighted by Crippen LogP contribution is -2.42. The maximum Gasteiger partial charge on any atom is 0.409 e. The minimum atomic E-state index is -0.232. The van der Waals surface area contributed by atoms with Crippen molar-refractivity contribution in [3.8, 4) is 0 Å². The first kappa shape index (κ1) is 28.2. The molecule has 3 heterocycles. The van der Waals surface area contributed by atoms with Crippen LogP contribution in [0.25, 0.3) is 11.2 Å². The van der Waals surface area contributed by atoms with Crippen molar-refractivity contribution in [3.63, 3.8) is 0 Å². The number of rotatable bonds is 6. The van der Waals surface area contributed by atoms with Gasteiger partial charge in [0, 0.05) is 37.3 Å². The zero-order valence-electron chi connectivity index (χ0n) is 20.2. The zero-order valence-corrected chi connectivity index (χ0v) is 21.8. The van der Waals surface area contributed by atoms with Crippen molar-refractivity contribution >= 4 is 53.8 Å². The van der Waals surface area contributed by atoms with Crippen LogP contribution in [0.3, 0.4) is 0 Å². The molecule has 34 heavy (non-hydrogen) atoms. The van der Waals surface area contributed by atoms with Crippen LogP contribution in [0.1, 0.15) is 65.3 Å². The smallest absolute Gasteiger partial charge is 0.409 e. The van der Waals surface area contributed by atoms with Crippen LogP contribution in [0.2, 0.25) is 0 Å². The summed E-state index contributed by atoms with van der Waals surface area (Å²) < 4.78 is 7.21. The molecule has 0 bridgehead atoms. The van der Waals surface area contributed by atoms with Crippen LogP contribution in [0.15, 0.2) is 6.33 Å². The Kier molecular flexibility index (Phi) is 10.5. The third-order valence-corrected chi connectivity index (χ3v) is 6.44. The lowest BCUT2D eigenvalue weighted by Gasteiger charge is -2.32. The molecule has 1 aliphatic carbocycles. The average Bonchev–Trinajstić information content (AvgIpc) is 3.21. The average molecular weight is 518 g/mol. The summed E-state index contributed by atoms with van der Waals surface area (Å²) in [6, 6.07) is 1.10. The Hall–Kier alpha value is -2.04.